The molecule has 0 bridgehead atoms. The van der Waals surface area contributed by atoms with Crippen molar-refractivity contribution in [2.75, 3.05) is 12.8 Å². The summed E-state index contributed by atoms with van der Waals surface area (Å²) >= 11 is 0. The molecule has 1 heterocycles. The van der Waals surface area contributed by atoms with Crippen LogP contribution in [0, 0.1) is 0 Å². The van der Waals surface area contributed by atoms with Crippen molar-refractivity contribution < 1.29 is 13.2 Å². The minimum absolute atomic E-state index is 0.0619. The highest BCUT2D eigenvalue weighted by Gasteiger charge is 2.29. The lowest BCUT2D eigenvalue weighted by atomic mass is 10.1. The minimum Gasteiger partial charge on any atom is -0.349 e. The van der Waals surface area contributed by atoms with Gasteiger partial charge in [0.2, 0.25) is 15.9 Å². The third-order valence-electron chi connectivity index (χ3n) is 4.15. The molecule has 0 radical (unpaired) electrons. The van der Waals surface area contributed by atoms with E-state index in [0.29, 0.717) is 6.54 Å². The molecule has 1 aromatic rings. The number of carbonyl (C=O) groups excluding carboxylic acids is 1. The van der Waals surface area contributed by atoms with E-state index in [-0.39, 0.29) is 18.5 Å². The first-order valence-electron chi connectivity index (χ1n) is 8.10. The van der Waals surface area contributed by atoms with Crippen molar-refractivity contribution >= 4 is 15.9 Å². The second-order valence-corrected chi connectivity index (χ2v) is 7.99. The standard InChI is InChI=1S/C16H25N3O3S/c1-23(21,22)19(15-9-4-2-3-5-10-15)13-16(20)18-12-14-8-6-7-11-17-14/h6-8,11,15H,2-5,9-10,12-13H2,1H3,(H,18,20). The molecule has 1 amide bonds. The molecular formula is C16H25N3O3S. The summed E-state index contributed by atoms with van der Waals surface area (Å²) in [7, 11) is -3.40. The highest BCUT2D eigenvalue weighted by molar-refractivity contribution is 7.88. The van der Waals surface area contributed by atoms with Crippen molar-refractivity contribution in [3.63, 3.8) is 0 Å². The molecule has 7 heteroatoms. The van der Waals surface area contributed by atoms with E-state index in [1.54, 1.807) is 6.20 Å². The predicted octanol–water partition coefficient (Wildman–Crippen LogP) is 1.68. The van der Waals surface area contributed by atoms with Crippen LogP contribution in [0.2, 0.25) is 0 Å². The molecule has 0 spiro atoms. The van der Waals surface area contributed by atoms with E-state index in [9.17, 15) is 13.2 Å². The summed E-state index contributed by atoms with van der Waals surface area (Å²) in [6.45, 7) is 0.193. The van der Waals surface area contributed by atoms with Crippen LogP contribution >= 0.6 is 0 Å². The van der Waals surface area contributed by atoms with Gasteiger partial charge in [-0.15, -0.1) is 0 Å². The van der Waals surface area contributed by atoms with Crippen LogP contribution in [0.15, 0.2) is 24.4 Å². The van der Waals surface area contributed by atoms with Crippen molar-refractivity contribution in [1.82, 2.24) is 14.6 Å². The molecule has 23 heavy (non-hydrogen) atoms. The third-order valence-corrected chi connectivity index (χ3v) is 5.43. The molecule has 1 aliphatic rings. The third kappa shape index (κ3) is 5.91. The molecule has 0 saturated heterocycles. The molecule has 0 aliphatic heterocycles. The van der Waals surface area contributed by atoms with Crippen LogP contribution in [0.3, 0.4) is 0 Å². The zero-order chi connectivity index (χ0) is 16.7. The Morgan fingerprint density at radius 1 is 1.26 bits per heavy atom. The molecule has 6 nitrogen and oxygen atoms in total. The Hall–Kier alpha value is -1.47. The van der Waals surface area contributed by atoms with E-state index in [0.717, 1.165) is 44.2 Å². The number of aromatic nitrogens is 1. The zero-order valence-corrected chi connectivity index (χ0v) is 14.4. The van der Waals surface area contributed by atoms with Gasteiger partial charge in [0.25, 0.3) is 0 Å². The second kappa shape index (κ2) is 8.40. The number of nitrogens with one attached hydrogen (secondary N) is 1. The van der Waals surface area contributed by atoms with Crippen LogP contribution in [0.25, 0.3) is 0 Å². The number of sulfonamides is 1. The Morgan fingerprint density at radius 3 is 2.52 bits per heavy atom. The van der Waals surface area contributed by atoms with Crippen molar-refractivity contribution in [2.24, 2.45) is 0 Å². The average Bonchev–Trinajstić information content (AvgIpc) is 2.79. The lowest BCUT2D eigenvalue weighted by molar-refractivity contribution is -0.121. The number of hydrogen-bond acceptors (Lipinski definition) is 4. The molecule has 0 atom stereocenters. The van der Waals surface area contributed by atoms with Gasteiger partial charge in [0.1, 0.15) is 0 Å². The van der Waals surface area contributed by atoms with Gasteiger partial charge in [-0.1, -0.05) is 31.7 Å². The monoisotopic (exact) mass is 339 g/mol. The molecule has 128 valence electrons. The predicted molar refractivity (Wildman–Crippen MR) is 89.1 cm³/mol. The van der Waals surface area contributed by atoms with Gasteiger partial charge in [-0.25, -0.2) is 8.42 Å². The average molecular weight is 339 g/mol. The first kappa shape index (κ1) is 17.9. The van der Waals surface area contributed by atoms with Crippen LogP contribution in [0.4, 0.5) is 0 Å². The summed E-state index contributed by atoms with van der Waals surface area (Å²) in [5.41, 5.74) is 0.751. The fraction of sp³-hybridized carbons (Fsp3) is 0.625. The van der Waals surface area contributed by atoms with Gasteiger partial charge in [0, 0.05) is 12.2 Å². The molecule has 1 aromatic heterocycles. The Balaban J connectivity index is 1.95. The fourth-order valence-corrected chi connectivity index (χ4v) is 4.06. The number of nitrogens with zero attached hydrogens (tertiary/aromatic N) is 2. The Bertz CT molecular complexity index is 596. The topological polar surface area (TPSA) is 79.4 Å². The highest BCUT2D eigenvalue weighted by Crippen LogP contribution is 2.23. The summed E-state index contributed by atoms with van der Waals surface area (Å²) in [5, 5.41) is 2.75. The first-order chi connectivity index (χ1) is 11.0. The number of rotatable bonds is 6. The summed E-state index contributed by atoms with van der Waals surface area (Å²) in [4.78, 5) is 16.3. The summed E-state index contributed by atoms with van der Waals surface area (Å²) in [5.74, 6) is -0.287. The van der Waals surface area contributed by atoms with E-state index in [2.05, 4.69) is 10.3 Å². The number of hydrogen-bond donors (Lipinski definition) is 1. The van der Waals surface area contributed by atoms with Crippen LogP contribution in [0.1, 0.15) is 44.2 Å². The molecule has 1 aliphatic carbocycles. The summed E-state index contributed by atoms with van der Waals surface area (Å²) in [6.07, 6.45) is 8.83. The van der Waals surface area contributed by atoms with E-state index in [4.69, 9.17) is 0 Å². The van der Waals surface area contributed by atoms with E-state index in [1.807, 2.05) is 18.2 Å². The van der Waals surface area contributed by atoms with Crippen molar-refractivity contribution in [3.8, 4) is 0 Å². The Labute approximate surface area is 138 Å². The minimum atomic E-state index is -3.40. The highest BCUT2D eigenvalue weighted by atomic mass is 32.2. The molecule has 2 rings (SSSR count). The molecule has 1 saturated carbocycles. The van der Waals surface area contributed by atoms with Crippen LogP contribution < -0.4 is 5.32 Å². The van der Waals surface area contributed by atoms with E-state index >= 15 is 0 Å². The zero-order valence-electron chi connectivity index (χ0n) is 13.6. The van der Waals surface area contributed by atoms with Gasteiger partial charge >= 0.3 is 0 Å². The maximum Gasteiger partial charge on any atom is 0.235 e. The van der Waals surface area contributed by atoms with Gasteiger partial charge in [-0.05, 0) is 25.0 Å². The molecule has 1 fully saturated rings. The quantitative estimate of drug-likeness (QED) is 0.800. The van der Waals surface area contributed by atoms with E-state index in [1.165, 1.54) is 10.6 Å². The maximum atomic E-state index is 12.2. The van der Waals surface area contributed by atoms with Crippen LogP contribution in [-0.4, -0.2) is 42.5 Å². The molecule has 0 unspecified atom stereocenters. The smallest absolute Gasteiger partial charge is 0.235 e. The van der Waals surface area contributed by atoms with Gasteiger partial charge in [0.05, 0.1) is 25.0 Å². The summed E-state index contributed by atoms with van der Waals surface area (Å²) in [6, 6.07) is 5.42. The first-order valence-corrected chi connectivity index (χ1v) is 9.95. The Morgan fingerprint density at radius 2 is 1.96 bits per heavy atom. The molecule has 1 N–H and O–H groups in total. The maximum absolute atomic E-state index is 12.2. The van der Waals surface area contributed by atoms with E-state index < -0.39 is 10.0 Å². The van der Waals surface area contributed by atoms with Crippen LogP contribution in [0.5, 0.6) is 0 Å². The molecular weight excluding hydrogens is 314 g/mol. The molecule has 0 aromatic carbocycles. The van der Waals surface area contributed by atoms with Crippen LogP contribution in [-0.2, 0) is 21.4 Å². The van der Waals surface area contributed by atoms with Gasteiger partial charge in [-0.3, -0.25) is 9.78 Å². The lowest BCUT2D eigenvalue weighted by Crippen LogP contribution is -2.45. The van der Waals surface area contributed by atoms with Gasteiger partial charge < -0.3 is 5.32 Å². The number of pyridine rings is 1. The Kier molecular flexibility index (Phi) is 6.53. The number of amides is 1. The largest absolute Gasteiger partial charge is 0.349 e. The SMILES string of the molecule is CS(=O)(=O)N(CC(=O)NCc1ccccn1)C1CCCCCC1. The number of carbonyl (C=O) groups is 1. The summed E-state index contributed by atoms with van der Waals surface area (Å²) < 4.78 is 25.5. The lowest BCUT2D eigenvalue weighted by Gasteiger charge is -2.28. The van der Waals surface area contributed by atoms with Crippen molar-refractivity contribution in [3.05, 3.63) is 30.1 Å². The van der Waals surface area contributed by atoms with Gasteiger partial charge in [-0.2, -0.15) is 4.31 Å². The normalized spacial score (nSPS) is 17.0. The van der Waals surface area contributed by atoms with Crippen molar-refractivity contribution in [1.29, 1.82) is 0 Å². The van der Waals surface area contributed by atoms with Gasteiger partial charge in [0.15, 0.2) is 0 Å². The fourth-order valence-electron chi connectivity index (χ4n) is 2.95. The second-order valence-electron chi connectivity index (χ2n) is 6.05. The van der Waals surface area contributed by atoms with Crippen molar-refractivity contribution in [2.45, 2.75) is 51.1 Å².